The van der Waals surface area contributed by atoms with Crippen molar-refractivity contribution in [2.24, 2.45) is 0 Å². The summed E-state index contributed by atoms with van der Waals surface area (Å²) in [5, 5.41) is 6.41. The Morgan fingerprint density at radius 2 is 2.19 bits per heavy atom. The minimum atomic E-state index is 0.254. The van der Waals surface area contributed by atoms with Crippen LogP contribution in [0.4, 0.5) is 17.6 Å². The topological polar surface area (TPSA) is 112 Å². The average molecular weight is 352 g/mol. The summed E-state index contributed by atoms with van der Waals surface area (Å²) in [5.41, 5.74) is 1.34. The fraction of sp³-hybridized carbons (Fsp3) is 0.353. The van der Waals surface area contributed by atoms with Crippen molar-refractivity contribution in [1.82, 2.24) is 29.8 Å². The lowest BCUT2D eigenvalue weighted by atomic mass is 10.3. The Hall–Kier alpha value is -3.23. The molecule has 4 heterocycles. The number of hydrogen-bond donors (Lipinski definition) is 3. The largest absolute Gasteiger partial charge is 0.368 e. The molecule has 1 amide bonds. The van der Waals surface area contributed by atoms with E-state index in [0.717, 1.165) is 31.4 Å². The summed E-state index contributed by atoms with van der Waals surface area (Å²) in [6, 6.07) is 5.58. The minimum absolute atomic E-state index is 0.254. The first-order valence-corrected chi connectivity index (χ1v) is 8.70. The Morgan fingerprint density at radius 3 is 3.00 bits per heavy atom. The van der Waals surface area contributed by atoms with Crippen LogP contribution in [0.1, 0.15) is 19.3 Å². The molecule has 0 aromatic carbocycles. The Balaban J connectivity index is 1.43. The molecule has 3 aromatic rings. The van der Waals surface area contributed by atoms with Crippen molar-refractivity contribution in [2.75, 3.05) is 30.3 Å². The van der Waals surface area contributed by atoms with E-state index in [-0.39, 0.29) is 5.91 Å². The van der Waals surface area contributed by atoms with E-state index in [2.05, 4.69) is 35.6 Å². The lowest BCUT2D eigenvalue weighted by Crippen LogP contribution is -2.27. The maximum Gasteiger partial charge on any atom is 0.232 e. The number of anilines is 3. The molecule has 1 fully saturated rings. The van der Waals surface area contributed by atoms with E-state index in [0.29, 0.717) is 36.2 Å². The average Bonchev–Trinajstić information content (AvgIpc) is 3.28. The Labute approximate surface area is 150 Å². The van der Waals surface area contributed by atoms with Gasteiger partial charge in [0, 0.05) is 32.3 Å². The monoisotopic (exact) mass is 352 g/mol. The zero-order valence-corrected chi connectivity index (χ0v) is 14.3. The van der Waals surface area contributed by atoms with Crippen LogP contribution >= 0.6 is 0 Å². The van der Waals surface area contributed by atoms with Gasteiger partial charge in [-0.1, -0.05) is 6.07 Å². The number of amides is 1. The molecule has 3 aromatic heterocycles. The molecule has 134 valence electrons. The van der Waals surface area contributed by atoms with Crippen LogP contribution in [0, 0.1) is 0 Å². The zero-order chi connectivity index (χ0) is 17.8. The molecule has 0 spiro atoms. The van der Waals surface area contributed by atoms with Crippen molar-refractivity contribution in [2.45, 2.75) is 19.3 Å². The molecule has 3 N–H and O–H groups in total. The molecule has 4 rings (SSSR count). The van der Waals surface area contributed by atoms with Crippen molar-refractivity contribution in [3.05, 3.63) is 30.7 Å². The van der Waals surface area contributed by atoms with E-state index < -0.39 is 0 Å². The van der Waals surface area contributed by atoms with Gasteiger partial charge in [0.15, 0.2) is 11.5 Å². The number of hydrogen-bond acceptors (Lipinski definition) is 7. The lowest BCUT2D eigenvalue weighted by Gasteiger charge is -2.15. The number of rotatable bonds is 7. The third-order valence-electron chi connectivity index (χ3n) is 4.26. The van der Waals surface area contributed by atoms with Gasteiger partial charge in [0.25, 0.3) is 0 Å². The summed E-state index contributed by atoms with van der Waals surface area (Å²) in [4.78, 5) is 34.0. The number of carbonyl (C=O) groups excluding carboxylic acids is 1. The summed E-state index contributed by atoms with van der Waals surface area (Å²) in [6.07, 6.45) is 5.80. The summed E-state index contributed by atoms with van der Waals surface area (Å²) in [6.45, 7) is 2.34. The highest BCUT2D eigenvalue weighted by Crippen LogP contribution is 2.20. The number of carbonyl (C=O) groups is 1. The van der Waals surface area contributed by atoms with Crippen molar-refractivity contribution in [1.29, 1.82) is 0 Å². The van der Waals surface area contributed by atoms with Gasteiger partial charge < -0.3 is 20.5 Å². The van der Waals surface area contributed by atoms with E-state index in [1.165, 1.54) is 0 Å². The lowest BCUT2D eigenvalue weighted by molar-refractivity contribution is -0.127. The van der Waals surface area contributed by atoms with Crippen molar-refractivity contribution in [3.8, 4) is 0 Å². The first-order chi connectivity index (χ1) is 12.8. The molecule has 1 saturated heterocycles. The molecule has 9 nitrogen and oxygen atoms in total. The van der Waals surface area contributed by atoms with Gasteiger partial charge in [-0.25, -0.2) is 9.97 Å². The molecule has 0 atom stereocenters. The first kappa shape index (κ1) is 16.2. The normalized spacial score (nSPS) is 14.2. The Bertz CT molecular complexity index is 894. The zero-order valence-electron chi connectivity index (χ0n) is 14.3. The van der Waals surface area contributed by atoms with Gasteiger partial charge >= 0.3 is 0 Å². The predicted molar refractivity (Wildman–Crippen MR) is 98.1 cm³/mol. The first-order valence-electron chi connectivity index (χ1n) is 8.70. The third kappa shape index (κ3) is 3.56. The quantitative estimate of drug-likeness (QED) is 0.557. The van der Waals surface area contributed by atoms with Crippen LogP contribution in [0.25, 0.3) is 11.2 Å². The van der Waals surface area contributed by atoms with E-state index >= 15 is 0 Å². The summed E-state index contributed by atoms with van der Waals surface area (Å²) in [7, 11) is 0. The fourth-order valence-electron chi connectivity index (χ4n) is 2.99. The van der Waals surface area contributed by atoms with Crippen LogP contribution in [0.3, 0.4) is 0 Å². The molecule has 9 heteroatoms. The van der Waals surface area contributed by atoms with Crippen LogP contribution in [0.2, 0.25) is 0 Å². The second-order valence-electron chi connectivity index (χ2n) is 6.10. The summed E-state index contributed by atoms with van der Waals surface area (Å²) in [5.74, 6) is 2.03. The molecule has 1 aliphatic heterocycles. The highest BCUT2D eigenvalue weighted by Gasteiger charge is 2.19. The van der Waals surface area contributed by atoms with Gasteiger partial charge in [-0.3, -0.25) is 4.79 Å². The summed E-state index contributed by atoms with van der Waals surface area (Å²) < 4.78 is 0. The van der Waals surface area contributed by atoms with Gasteiger partial charge in [0.05, 0.1) is 6.33 Å². The number of likely N-dealkylation sites (tertiary alicyclic amines) is 1. The molecule has 0 aliphatic carbocycles. The van der Waals surface area contributed by atoms with E-state index in [9.17, 15) is 4.79 Å². The van der Waals surface area contributed by atoms with Crippen molar-refractivity contribution in [3.63, 3.8) is 0 Å². The highest BCUT2D eigenvalue weighted by atomic mass is 16.2. The van der Waals surface area contributed by atoms with E-state index in [1.807, 2.05) is 23.1 Å². The van der Waals surface area contributed by atoms with Crippen LogP contribution in [-0.4, -0.2) is 55.4 Å². The maximum absolute atomic E-state index is 11.7. The van der Waals surface area contributed by atoms with Crippen molar-refractivity contribution >= 4 is 34.7 Å². The second-order valence-corrected chi connectivity index (χ2v) is 6.10. The third-order valence-corrected chi connectivity index (χ3v) is 4.26. The number of H-pyrrole nitrogens is 1. The highest BCUT2D eigenvalue weighted by molar-refractivity contribution is 5.84. The molecular weight excluding hydrogens is 332 g/mol. The smallest absolute Gasteiger partial charge is 0.232 e. The number of aromatic nitrogens is 5. The molecule has 0 bridgehead atoms. The van der Waals surface area contributed by atoms with Gasteiger partial charge in [-0.05, 0) is 25.0 Å². The molecule has 1 aliphatic rings. The predicted octanol–water partition coefficient (Wildman–Crippen LogP) is 1.92. The van der Waals surface area contributed by atoms with Crippen LogP contribution < -0.4 is 10.6 Å². The Morgan fingerprint density at radius 1 is 1.23 bits per heavy atom. The number of imidazole rings is 1. The summed E-state index contributed by atoms with van der Waals surface area (Å²) >= 11 is 0. The minimum Gasteiger partial charge on any atom is -0.368 e. The standard InChI is InChI=1S/C17H20N8O/c26-13-6-3-9-25(13)10-4-8-19-15-14-16(21-11-20-14)24-17(23-15)22-12-5-1-2-7-18-12/h1-2,5,7,11H,3-4,6,8-10H2,(H3,18,19,20,21,22,23,24). The van der Waals surface area contributed by atoms with Gasteiger partial charge in [0.1, 0.15) is 11.3 Å². The van der Waals surface area contributed by atoms with E-state index in [1.54, 1.807) is 12.5 Å². The number of nitrogens with one attached hydrogen (secondary N) is 3. The number of aromatic amines is 1. The van der Waals surface area contributed by atoms with Gasteiger partial charge in [-0.2, -0.15) is 9.97 Å². The van der Waals surface area contributed by atoms with Crippen LogP contribution in [0.15, 0.2) is 30.7 Å². The Kier molecular flexibility index (Phi) is 4.59. The van der Waals surface area contributed by atoms with Crippen molar-refractivity contribution < 1.29 is 4.79 Å². The second kappa shape index (κ2) is 7.34. The van der Waals surface area contributed by atoms with Gasteiger partial charge in [0.2, 0.25) is 11.9 Å². The van der Waals surface area contributed by atoms with Crippen LogP contribution in [-0.2, 0) is 4.79 Å². The molecule has 0 radical (unpaired) electrons. The molecular formula is C17H20N8O. The van der Waals surface area contributed by atoms with Crippen LogP contribution in [0.5, 0.6) is 0 Å². The number of pyridine rings is 1. The fourth-order valence-corrected chi connectivity index (χ4v) is 2.99. The molecule has 0 unspecified atom stereocenters. The number of nitrogens with zero attached hydrogens (tertiary/aromatic N) is 5. The number of fused-ring (bicyclic) bond motifs is 1. The molecule has 0 saturated carbocycles. The van der Waals surface area contributed by atoms with Gasteiger partial charge in [-0.15, -0.1) is 0 Å². The maximum atomic E-state index is 11.7. The van der Waals surface area contributed by atoms with E-state index in [4.69, 9.17) is 0 Å². The SMILES string of the molecule is O=C1CCCN1CCCNc1nc(Nc2ccccn2)nc2nc[nH]c12. The molecule has 26 heavy (non-hydrogen) atoms.